The molecule has 28 heavy (non-hydrogen) atoms. The Morgan fingerprint density at radius 2 is 1.86 bits per heavy atom. The Balaban J connectivity index is 1.79. The zero-order valence-corrected chi connectivity index (χ0v) is 16.7. The number of hydrogen-bond acceptors (Lipinski definition) is 4. The van der Waals surface area contributed by atoms with E-state index in [9.17, 15) is 9.59 Å². The van der Waals surface area contributed by atoms with Crippen molar-refractivity contribution < 1.29 is 14.3 Å². The highest BCUT2D eigenvalue weighted by Crippen LogP contribution is 2.27. The Hall–Kier alpha value is -2.93. The summed E-state index contributed by atoms with van der Waals surface area (Å²) in [6.07, 6.45) is 0.824. The molecule has 1 aliphatic rings. The van der Waals surface area contributed by atoms with Gasteiger partial charge >= 0.3 is 0 Å². The van der Waals surface area contributed by atoms with Gasteiger partial charge in [-0.3, -0.25) is 9.59 Å². The van der Waals surface area contributed by atoms with E-state index in [0.29, 0.717) is 23.1 Å². The van der Waals surface area contributed by atoms with Gasteiger partial charge in [0.2, 0.25) is 5.91 Å². The van der Waals surface area contributed by atoms with E-state index < -0.39 is 6.04 Å². The smallest absolute Gasteiger partial charge is 0.257 e. The molecule has 0 radical (unpaired) electrons. The third-order valence-electron chi connectivity index (χ3n) is 4.79. The number of anilines is 1. The minimum Gasteiger partial charge on any atom is -0.497 e. The van der Waals surface area contributed by atoms with Crippen molar-refractivity contribution in [3.8, 4) is 5.75 Å². The molecule has 1 saturated heterocycles. The molecule has 0 unspecified atom stereocenters. The summed E-state index contributed by atoms with van der Waals surface area (Å²) in [5.41, 5.74) is 1.69. The number of amides is 2. The number of nitrogens with zero attached hydrogens (tertiary/aromatic N) is 2. The van der Waals surface area contributed by atoms with Crippen molar-refractivity contribution in [2.45, 2.75) is 18.9 Å². The molecule has 0 bridgehead atoms. The van der Waals surface area contributed by atoms with Gasteiger partial charge < -0.3 is 15.0 Å². The maximum absolute atomic E-state index is 13.1. The average molecular weight is 398 g/mol. The van der Waals surface area contributed by atoms with Crippen molar-refractivity contribution in [1.29, 1.82) is 0 Å². The predicted octanol–water partition coefficient (Wildman–Crippen LogP) is 2.38. The number of ether oxygens (including phenoxy) is 1. The van der Waals surface area contributed by atoms with E-state index >= 15 is 0 Å². The van der Waals surface area contributed by atoms with Crippen LogP contribution >= 0.6 is 12.2 Å². The van der Waals surface area contributed by atoms with Crippen LogP contribution in [0.1, 0.15) is 12.0 Å². The van der Waals surface area contributed by atoms with E-state index in [-0.39, 0.29) is 18.2 Å². The van der Waals surface area contributed by atoms with Gasteiger partial charge in [-0.2, -0.15) is 0 Å². The van der Waals surface area contributed by atoms with Crippen molar-refractivity contribution in [1.82, 2.24) is 10.2 Å². The number of rotatable bonds is 6. The van der Waals surface area contributed by atoms with Crippen LogP contribution in [0.15, 0.2) is 54.6 Å². The van der Waals surface area contributed by atoms with Crippen LogP contribution in [0.4, 0.5) is 5.69 Å². The topological polar surface area (TPSA) is 61.9 Å². The fourth-order valence-electron chi connectivity index (χ4n) is 3.30. The molecule has 1 heterocycles. The highest BCUT2D eigenvalue weighted by atomic mass is 32.1. The van der Waals surface area contributed by atoms with Crippen LogP contribution in [0.3, 0.4) is 0 Å². The molecule has 1 N–H and O–H groups in total. The monoisotopic (exact) mass is 397 g/mol. The number of carbonyl (C=O) groups excluding carboxylic acids is 2. The summed E-state index contributed by atoms with van der Waals surface area (Å²) < 4.78 is 5.14. The van der Waals surface area contributed by atoms with Gasteiger partial charge in [-0.25, -0.2) is 4.90 Å². The van der Waals surface area contributed by atoms with Gasteiger partial charge in [0.05, 0.1) is 19.2 Å². The van der Waals surface area contributed by atoms with Crippen molar-refractivity contribution >= 4 is 34.8 Å². The molecular formula is C21H23N3O3S. The zero-order chi connectivity index (χ0) is 20.1. The van der Waals surface area contributed by atoms with Gasteiger partial charge in [-0.1, -0.05) is 30.3 Å². The highest BCUT2D eigenvalue weighted by molar-refractivity contribution is 7.80. The maximum atomic E-state index is 13.1. The normalized spacial score (nSPS) is 16.2. The molecule has 2 aromatic carbocycles. The molecule has 2 amide bonds. The summed E-state index contributed by atoms with van der Waals surface area (Å²) in [6, 6.07) is 16.3. The molecule has 7 heteroatoms. The first kappa shape index (κ1) is 19.8. The van der Waals surface area contributed by atoms with E-state index in [1.165, 1.54) is 4.90 Å². The summed E-state index contributed by atoms with van der Waals surface area (Å²) in [7, 11) is 3.29. The second kappa shape index (κ2) is 8.84. The van der Waals surface area contributed by atoms with Gasteiger partial charge in [0, 0.05) is 13.6 Å². The lowest BCUT2D eigenvalue weighted by atomic mass is 10.1. The van der Waals surface area contributed by atoms with Crippen LogP contribution in [0.2, 0.25) is 0 Å². The number of thiocarbonyl (C=S) groups is 1. The molecule has 0 spiro atoms. The van der Waals surface area contributed by atoms with Gasteiger partial charge in [0.25, 0.3) is 5.91 Å². The number of carbonyl (C=O) groups is 2. The number of benzene rings is 2. The molecule has 146 valence electrons. The quantitative estimate of drug-likeness (QED) is 0.597. The number of nitrogens with one attached hydrogen (secondary N) is 1. The first-order valence-electron chi connectivity index (χ1n) is 9.08. The maximum Gasteiger partial charge on any atom is 0.257 e. The van der Waals surface area contributed by atoms with Gasteiger partial charge in [-0.15, -0.1) is 0 Å². The summed E-state index contributed by atoms with van der Waals surface area (Å²) in [5.74, 6) is 0.171. The standard InChI is InChI=1S/C21H23N3O3S/c1-22-21(28)23(13-12-15-6-4-3-5-7-15)18-14-19(25)24(20(18)26)16-8-10-17(27-2)11-9-16/h3-11,18H,12-14H2,1-2H3,(H,22,28)/t18-/m0/s1. The molecule has 1 fully saturated rings. The Labute approximate surface area is 170 Å². The Bertz CT molecular complexity index is 855. The van der Waals surface area contributed by atoms with Crippen molar-refractivity contribution in [2.24, 2.45) is 0 Å². The fourth-order valence-corrected chi connectivity index (χ4v) is 3.52. The van der Waals surface area contributed by atoms with Gasteiger partial charge in [0.1, 0.15) is 11.8 Å². The second-order valence-corrected chi connectivity index (χ2v) is 6.86. The summed E-state index contributed by atoms with van der Waals surface area (Å²) >= 11 is 5.42. The number of hydrogen-bond donors (Lipinski definition) is 1. The lowest BCUT2D eigenvalue weighted by Crippen LogP contribution is -2.49. The molecular weight excluding hydrogens is 374 g/mol. The van der Waals surface area contributed by atoms with Crippen LogP contribution in [0, 0.1) is 0 Å². The molecule has 0 saturated carbocycles. The molecule has 6 nitrogen and oxygen atoms in total. The fraction of sp³-hybridized carbons (Fsp3) is 0.286. The molecule has 2 aromatic rings. The third kappa shape index (κ3) is 4.14. The predicted molar refractivity (Wildman–Crippen MR) is 112 cm³/mol. The van der Waals surface area contributed by atoms with E-state index in [1.807, 2.05) is 35.2 Å². The minimum atomic E-state index is -0.613. The van der Waals surface area contributed by atoms with Crippen LogP contribution in [-0.4, -0.2) is 48.6 Å². The van der Waals surface area contributed by atoms with Gasteiger partial charge in [-0.05, 0) is 48.5 Å². The first-order chi connectivity index (χ1) is 13.5. The highest BCUT2D eigenvalue weighted by Gasteiger charge is 2.43. The second-order valence-electron chi connectivity index (χ2n) is 6.47. The number of imide groups is 1. The lowest BCUT2D eigenvalue weighted by Gasteiger charge is -2.29. The Morgan fingerprint density at radius 3 is 2.46 bits per heavy atom. The SMILES string of the molecule is CNC(=S)N(CCc1ccccc1)[C@H]1CC(=O)N(c2ccc(OC)cc2)C1=O. The Kier molecular flexibility index (Phi) is 6.26. The third-order valence-corrected chi connectivity index (χ3v) is 5.23. The van der Waals surface area contributed by atoms with E-state index in [2.05, 4.69) is 5.32 Å². The first-order valence-corrected chi connectivity index (χ1v) is 9.49. The van der Waals surface area contributed by atoms with Gasteiger partial charge in [0.15, 0.2) is 5.11 Å². The zero-order valence-electron chi connectivity index (χ0n) is 15.9. The van der Waals surface area contributed by atoms with Crippen LogP contribution in [0.25, 0.3) is 0 Å². The molecule has 0 aliphatic carbocycles. The minimum absolute atomic E-state index is 0.0987. The van der Waals surface area contributed by atoms with Crippen molar-refractivity contribution in [2.75, 3.05) is 25.6 Å². The molecule has 3 rings (SSSR count). The largest absolute Gasteiger partial charge is 0.497 e. The lowest BCUT2D eigenvalue weighted by molar-refractivity contribution is -0.122. The van der Waals surface area contributed by atoms with E-state index in [1.54, 1.807) is 38.4 Å². The molecule has 1 aliphatic heterocycles. The van der Waals surface area contributed by atoms with E-state index in [4.69, 9.17) is 17.0 Å². The van der Waals surface area contributed by atoms with Crippen LogP contribution in [0.5, 0.6) is 5.75 Å². The molecule has 0 aromatic heterocycles. The average Bonchev–Trinajstić information content (AvgIpc) is 3.02. The van der Waals surface area contributed by atoms with E-state index in [0.717, 1.165) is 12.0 Å². The van der Waals surface area contributed by atoms with Crippen molar-refractivity contribution in [3.63, 3.8) is 0 Å². The molecule has 1 atom stereocenters. The summed E-state index contributed by atoms with van der Waals surface area (Å²) in [5, 5.41) is 3.40. The Morgan fingerprint density at radius 1 is 1.18 bits per heavy atom. The summed E-state index contributed by atoms with van der Waals surface area (Å²) in [6.45, 7) is 0.545. The van der Waals surface area contributed by atoms with Crippen molar-refractivity contribution in [3.05, 3.63) is 60.2 Å². The number of methoxy groups -OCH3 is 1. The van der Waals surface area contributed by atoms with Crippen LogP contribution < -0.4 is 15.0 Å². The summed E-state index contributed by atoms with van der Waals surface area (Å²) in [4.78, 5) is 28.8. The van der Waals surface area contributed by atoms with Crippen LogP contribution in [-0.2, 0) is 16.0 Å².